The van der Waals surface area contributed by atoms with Gasteiger partial charge in [-0.25, -0.2) is 0 Å². The van der Waals surface area contributed by atoms with Crippen molar-refractivity contribution in [1.29, 1.82) is 0 Å². The van der Waals surface area contributed by atoms with Gasteiger partial charge in [0.25, 0.3) is 0 Å². The van der Waals surface area contributed by atoms with E-state index in [1.54, 1.807) is 25.4 Å². The Balaban J connectivity index is 0.000000145. The molecule has 4 heteroatoms. The molecule has 0 aliphatic heterocycles. The summed E-state index contributed by atoms with van der Waals surface area (Å²) in [7, 11) is 1.68. The summed E-state index contributed by atoms with van der Waals surface area (Å²) < 4.78 is 5.26. The molecule has 0 aliphatic carbocycles. The summed E-state index contributed by atoms with van der Waals surface area (Å²) in [4.78, 5) is 8.90. The van der Waals surface area contributed by atoms with Crippen molar-refractivity contribution in [3.8, 4) is 34.0 Å². The van der Waals surface area contributed by atoms with E-state index in [0.29, 0.717) is 0 Å². The molecule has 6 aromatic rings. The van der Waals surface area contributed by atoms with Gasteiger partial charge in [0.2, 0.25) is 0 Å². The molecule has 2 heterocycles. The average molecular weight is 457 g/mol. The van der Waals surface area contributed by atoms with Crippen molar-refractivity contribution in [3.63, 3.8) is 0 Å². The van der Waals surface area contributed by atoms with Crippen LogP contribution in [0.25, 0.3) is 44.1 Å². The summed E-state index contributed by atoms with van der Waals surface area (Å²) in [5, 5.41) is 14.1. The zero-order chi connectivity index (χ0) is 24.0. The summed E-state index contributed by atoms with van der Waals surface area (Å²) in [6.45, 7) is 0. The maximum Gasteiger partial charge on any atom is 0.119 e. The highest BCUT2D eigenvalue weighted by molar-refractivity contribution is 5.95. The standard InChI is InChI=1S/C16H13NO.C15H11NO/c1-18-14-7-4-6-13(11-14)16-15-8-3-2-5-12(15)9-10-17-16;17-13-6-3-5-12(10-13)15-14-7-2-1-4-11(14)8-9-16-15/h2-11H,1H3;1-10,17H. The minimum atomic E-state index is 0.261. The van der Waals surface area contributed by atoms with Crippen LogP contribution in [0.5, 0.6) is 11.5 Å². The normalized spacial score (nSPS) is 10.5. The van der Waals surface area contributed by atoms with E-state index in [9.17, 15) is 5.11 Å². The summed E-state index contributed by atoms with van der Waals surface area (Å²) in [5.41, 5.74) is 3.90. The lowest BCUT2D eigenvalue weighted by atomic mass is 10.0. The van der Waals surface area contributed by atoms with Crippen molar-refractivity contribution < 1.29 is 9.84 Å². The van der Waals surface area contributed by atoms with Gasteiger partial charge in [-0.3, -0.25) is 9.97 Å². The third-order valence-electron chi connectivity index (χ3n) is 5.81. The Hall–Kier alpha value is -4.70. The van der Waals surface area contributed by atoms with Crippen LogP contribution in [0.3, 0.4) is 0 Å². The number of phenols is 1. The molecule has 1 N–H and O–H groups in total. The Morgan fingerprint density at radius 2 is 1.11 bits per heavy atom. The van der Waals surface area contributed by atoms with Crippen LogP contribution in [-0.2, 0) is 0 Å². The minimum Gasteiger partial charge on any atom is -0.508 e. The first kappa shape index (κ1) is 22.1. The molecule has 170 valence electrons. The highest BCUT2D eigenvalue weighted by Gasteiger charge is 2.06. The van der Waals surface area contributed by atoms with Crippen LogP contribution < -0.4 is 4.74 Å². The van der Waals surface area contributed by atoms with Crippen molar-refractivity contribution in [1.82, 2.24) is 9.97 Å². The number of aromatic nitrogens is 2. The zero-order valence-corrected chi connectivity index (χ0v) is 19.3. The van der Waals surface area contributed by atoms with Gasteiger partial charge in [0.05, 0.1) is 18.5 Å². The Kier molecular flexibility index (Phi) is 6.35. The molecule has 4 nitrogen and oxygen atoms in total. The zero-order valence-electron chi connectivity index (χ0n) is 19.3. The Morgan fingerprint density at radius 3 is 1.69 bits per heavy atom. The summed E-state index contributed by atoms with van der Waals surface area (Å²) >= 11 is 0. The molecule has 0 spiro atoms. The van der Waals surface area contributed by atoms with Crippen molar-refractivity contribution in [2.75, 3.05) is 7.11 Å². The second kappa shape index (κ2) is 10.1. The fourth-order valence-corrected chi connectivity index (χ4v) is 4.12. The number of benzene rings is 4. The number of hydrogen-bond acceptors (Lipinski definition) is 4. The number of hydrogen-bond donors (Lipinski definition) is 1. The number of fused-ring (bicyclic) bond motifs is 2. The predicted molar refractivity (Wildman–Crippen MR) is 143 cm³/mol. The van der Waals surface area contributed by atoms with Crippen LogP contribution in [0, 0.1) is 0 Å². The van der Waals surface area contributed by atoms with E-state index in [-0.39, 0.29) is 5.75 Å². The van der Waals surface area contributed by atoms with Crippen LogP contribution in [0.2, 0.25) is 0 Å². The molecular weight excluding hydrogens is 432 g/mol. The quantitative estimate of drug-likeness (QED) is 0.299. The van der Waals surface area contributed by atoms with Gasteiger partial charge in [-0.2, -0.15) is 0 Å². The lowest BCUT2D eigenvalue weighted by Gasteiger charge is -2.07. The lowest BCUT2D eigenvalue weighted by Crippen LogP contribution is -1.87. The molecule has 2 aromatic heterocycles. The third-order valence-corrected chi connectivity index (χ3v) is 5.81. The molecule has 0 saturated heterocycles. The SMILES string of the molecule is COc1cccc(-c2nccc3ccccc23)c1.Oc1cccc(-c2nccc3ccccc23)c1. The fraction of sp³-hybridized carbons (Fsp3) is 0.0323. The molecule has 4 aromatic carbocycles. The molecule has 0 amide bonds. The Bertz CT molecular complexity index is 1600. The van der Waals surface area contributed by atoms with Gasteiger partial charge >= 0.3 is 0 Å². The third kappa shape index (κ3) is 4.82. The first-order valence-electron chi connectivity index (χ1n) is 11.3. The molecule has 35 heavy (non-hydrogen) atoms. The Morgan fingerprint density at radius 1 is 0.571 bits per heavy atom. The highest BCUT2D eigenvalue weighted by atomic mass is 16.5. The molecular formula is C31H24N2O2. The van der Waals surface area contributed by atoms with Gasteiger partial charge in [0.15, 0.2) is 0 Å². The smallest absolute Gasteiger partial charge is 0.119 e. The predicted octanol–water partition coefficient (Wildman–Crippen LogP) is 7.52. The van der Waals surface area contributed by atoms with E-state index in [1.165, 1.54) is 5.39 Å². The monoisotopic (exact) mass is 456 g/mol. The number of rotatable bonds is 3. The number of aromatic hydroxyl groups is 1. The summed E-state index contributed by atoms with van der Waals surface area (Å²) in [6, 6.07) is 35.5. The van der Waals surface area contributed by atoms with Gasteiger partial charge in [0.1, 0.15) is 11.5 Å². The maximum atomic E-state index is 9.52. The summed E-state index contributed by atoms with van der Waals surface area (Å²) in [6.07, 6.45) is 3.64. The summed E-state index contributed by atoms with van der Waals surface area (Å²) in [5.74, 6) is 1.11. The second-order valence-electron chi connectivity index (χ2n) is 8.04. The minimum absolute atomic E-state index is 0.261. The van der Waals surface area contributed by atoms with E-state index in [1.807, 2.05) is 79.0 Å². The van der Waals surface area contributed by atoms with Gasteiger partial charge in [-0.15, -0.1) is 0 Å². The topological polar surface area (TPSA) is 55.2 Å². The van der Waals surface area contributed by atoms with Crippen LogP contribution in [0.15, 0.2) is 122 Å². The van der Waals surface area contributed by atoms with Crippen LogP contribution in [-0.4, -0.2) is 22.2 Å². The molecule has 0 bridgehead atoms. The van der Waals surface area contributed by atoms with Gasteiger partial charge < -0.3 is 9.84 Å². The van der Waals surface area contributed by atoms with E-state index >= 15 is 0 Å². The van der Waals surface area contributed by atoms with E-state index in [0.717, 1.165) is 44.4 Å². The number of phenolic OH excluding ortho intramolecular Hbond substituents is 1. The molecule has 0 saturated carbocycles. The first-order valence-corrected chi connectivity index (χ1v) is 11.3. The van der Waals surface area contributed by atoms with E-state index < -0.39 is 0 Å². The molecule has 0 atom stereocenters. The number of pyridine rings is 2. The van der Waals surface area contributed by atoms with Crippen LogP contribution >= 0.6 is 0 Å². The van der Waals surface area contributed by atoms with Crippen molar-refractivity contribution in [2.45, 2.75) is 0 Å². The number of nitrogens with zero attached hydrogens (tertiary/aromatic N) is 2. The highest BCUT2D eigenvalue weighted by Crippen LogP contribution is 2.29. The van der Waals surface area contributed by atoms with Crippen molar-refractivity contribution in [3.05, 3.63) is 122 Å². The van der Waals surface area contributed by atoms with Gasteiger partial charge in [-0.05, 0) is 47.2 Å². The number of ether oxygens (including phenoxy) is 1. The molecule has 0 unspecified atom stereocenters. The molecule has 6 rings (SSSR count). The largest absolute Gasteiger partial charge is 0.508 e. The van der Waals surface area contributed by atoms with E-state index in [4.69, 9.17) is 4.74 Å². The number of methoxy groups -OCH3 is 1. The van der Waals surface area contributed by atoms with Crippen LogP contribution in [0.4, 0.5) is 0 Å². The van der Waals surface area contributed by atoms with Gasteiger partial charge in [0, 0.05) is 34.3 Å². The average Bonchev–Trinajstić information content (AvgIpc) is 2.93. The first-order chi connectivity index (χ1) is 17.2. The van der Waals surface area contributed by atoms with Gasteiger partial charge in [-0.1, -0.05) is 72.8 Å². The van der Waals surface area contributed by atoms with E-state index in [2.05, 4.69) is 34.2 Å². The lowest BCUT2D eigenvalue weighted by molar-refractivity contribution is 0.415. The van der Waals surface area contributed by atoms with Crippen molar-refractivity contribution in [2.24, 2.45) is 0 Å². The Labute approximate surface area is 204 Å². The molecule has 0 aliphatic rings. The maximum absolute atomic E-state index is 9.52. The van der Waals surface area contributed by atoms with Crippen LogP contribution in [0.1, 0.15) is 0 Å². The molecule has 0 fully saturated rings. The second-order valence-corrected chi connectivity index (χ2v) is 8.04. The fourth-order valence-electron chi connectivity index (χ4n) is 4.12. The van der Waals surface area contributed by atoms with Crippen molar-refractivity contribution >= 4 is 21.5 Å². The molecule has 0 radical (unpaired) electrons.